The van der Waals surface area contributed by atoms with Gasteiger partial charge in [-0.25, -0.2) is 4.79 Å². The van der Waals surface area contributed by atoms with Gasteiger partial charge in [-0.2, -0.15) is 0 Å². The smallest absolute Gasteiger partial charge is 0.329 e. The highest BCUT2D eigenvalue weighted by molar-refractivity contribution is 5.99. The molecule has 0 unspecified atom stereocenters. The maximum absolute atomic E-state index is 12.5. The van der Waals surface area contributed by atoms with Crippen molar-refractivity contribution in [1.82, 2.24) is 5.32 Å². The quantitative estimate of drug-likeness (QED) is 0.752. The molecule has 0 atom stereocenters. The van der Waals surface area contributed by atoms with Crippen molar-refractivity contribution in [2.24, 2.45) is 0 Å². The van der Waals surface area contributed by atoms with Gasteiger partial charge in [0.25, 0.3) is 5.91 Å². The predicted octanol–water partition coefficient (Wildman–Crippen LogP) is 2.17. The molecule has 1 aliphatic rings. The van der Waals surface area contributed by atoms with E-state index in [1.165, 1.54) is 14.2 Å². The van der Waals surface area contributed by atoms with Crippen LogP contribution in [0.4, 0.5) is 0 Å². The van der Waals surface area contributed by atoms with E-state index in [1.54, 1.807) is 18.2 Å². The number of aliphatic carboxylic acids is 1. The zero-order chi connectivity index (χ0) is 17.0. The van der Waals surface area contributed by atoms with Gasteiger partial charge in [0.2, 0.25) is 0 Å². The van der Waals surface area contributed by atoms with Crippen LogP contribution in [0.25, 0.3) is 0 Å². The summed E-state index contributed by atoms with van der Waals surface area (Å²) in [6.45, 7) is 3.69. The third-order valence-corrected chi connectivity index (χ3v) is 4.15. The van der Waals surface area contributed by atoms with Gasteiger partial charge in [-0.05, 0) is 37.8 Å². The molecule has 0 bridgehead atoms. The number of allylic oxidation sites excluding steroid dienone is 1. The Hall–Kier alpha value is -2.50. The maximum atomic E-state index is 12.5. The van der Waals surface area contributed by atoms with Crippen LogP contribution in [0.2, 0.25) is 0 Å². The summed E-state index contributed by atoms with van der Waals surface area (Å²) < 4.78 is 10.6. The molecule has 0 saturated heterocycles. The number of carbonyl (C=O) groups is 2. The minimum Gasteiger partial charge on any atom is -0.493 e. The summed E-state index contributed by atoms with van der Waals surface area (Å²) in [6.07, 6.45) is 3.89. The van der Waals surface area contributed by atoms with Crippen LogP contribution in [0, 0.1) is 0 Å². The number of hydrogen-bond acceptors (Lipinski definition) is 4. The Bertz CT molecular complexity index is 634. The lowest BCUT2D eigenvalue weighted by atomic mass is 9.76. The summed E-state index contributed by atoms with van der Waals surface area (Å²) in [6, 6.07) is 3.22. The number of ether oxygens (including phenoxy) is 2. The van der Waals surface area contributed by atoms with E-state index in [1.807, 2.05) is 0 Å². The Balaban J connectivity index is 2.34. The molecule has 23 heavy (non-hydrogen) atoms. The van der Waals surface area contributed by atoms with E-state index in [-0.39, 0.29) is 0 Å². The summed E-state index contributed by atoms with van der Waals surface area (Å²) in [4.78, 5) is 23.9. The summed E-state index contributed by atoms with van der Waals surface area (Å²) in [5.74, 6) is -0.460. The highest BCUT2D eigenvalue weighted by Crippen LogP contribution is 2.35. The number of benzene rings is 1. The van der Waals surface area contributed by atoms with Crippen LogP contribution < -0.4 is 14.8 Å². The van der Waals surface area contributed by atoms with Crippen molar-refractivity contribution < 1.29 is 24.2 Å². The van der Waals surface area contributed by atoms with Crippen molar-refractivity contribution in [3.05, 3.63) is 35.9 Å². The van der Waals surface area contributed by atoms with E-state index in [0.717, 1.165) is 12.0 Å². The molecular formula is C17H21NO5. The fraction of sp³-hybridized carbons (Fsp3) is 0.412. The van der Waals surface area contributed by atoms with Gasteiger partial charge in [0.05, 0.1) is 14.2 Å². The molecule has 0 aromatic heterocycles. The number of carboxylic acids is 1. The van der Waals surface area contributed by atoms with Crippen molar-refractivity contribution in [2.75, 3.05) is 14.2 Å². The topological polar surface area (TPSA) is 84.9 Å². The second kappa shape index (κ2) is 6.73. The van der Waals surface area contributed by atoms with Crippen LogP contribution in [-0.2, 0) is 11.2 Å². The summed E-state index contributed by atoms with van der Waals surface area (Å²) in [5.41, 5.74) is -0.0555. The number of rotatable bonds is 7. The van der Waals surface area contributed by atoms with Crippen molar-refractivity contribution in [3.63, 3.8) is 0 Å². The Labute approximate surface area is 135 Å². The van der Waals surface area contributed by atoms with Crippen LogP contribution in [0.15, 0.2) is 24.8 Å². The predicted molar refractivity (Wildman–Crippen MR) is 85.1 cm³/mol. The molecule has 1 aromatic carbocycles. The first-order valence-electron chi connectivity index (χ1n) is 7.39. The molecule has 0 radical (unpaired) electrons. The Morgan fingerprint density at radius 3 is 2.48 bits per heavy atom. The standard InChI is InChI=1S/C17H21NO5/c1-4-6-11-9-12(10-13(22-2)14(11)23-3)15(19)18-17(16(20)21)7-5-8-17/h4,9-10H,1,5-8H2,2-3H3,(H,18,19)(H,20,21). The van der Waals surface area contributed by atoms with E-state index < -0.39 is 17.4 Å². The SMILES string of the molecule is C=CCc1cc(C(=O)NC2(C(=O)O)CCC2)cc(OC)c1OC. The molecule has 0 aliphatic heterocycles. The molecule has 2 N–H and O–H groups in total. The van der Waals surface area contributed by atoms with Gasteiger partial charge in [0.1, 0.15) is 5.54 Å². The third kappa shape index (κ3) is 3.16. The highest BCUT2D eigenvalue weighted by Gasteiger charge is 2.45. The van der Waals surface area contributed by atoms with E-state index >= 15 is 0 Å². The number of nitrogens with one attached hydrogen (secondary N) is 1. The Morgan fingerprint density at radius 2 is 2.04 bits per heavy atom. The van der Waals surface area contributed by atoms with Crippen molar-refractivity contribution in [1.29, 1.82) is 0 Å². The second-order valence-electron chi connectivity index (χ2n) is 5.56. The number of methoxy groups -OCH3 is 2. The van der Waals surface area contributed by atoms with Gasteiger partial charge in [0, 0.05) is 11.1 Å². The van der Waals surface area contributed by atoms with Gasteiger partial charge in [-0.3, -0.25) is 4.79 Å². The van der Waals surface area contributed by atoms with Crippen LogP contribution in [0.5, 0.6) is 11.5 Å². The van der Waals surface area contributed by atoms with E-state index in [0.29, 0.717) is 36.3 Å². The molecule has 1 aromatic rings. The molecule has 0 heterocycles. The monoisotopic (exact) mass is 319 g/mol. The molecule has 2 rings (SSSR count). The second-order valence-corrected chi connectivity index (χ2v) is 5.56. The molecule has 6 heteroatoms. The molecule has 124 valence electrons. The third-order valence-electron chi connectivity index (χ3n) is 4.15. The van der Waals surface area contributed by atoms with Gasteiger partial charge < -0.3 is 19.9 Å². The lowest BCUT2D eigenvalue weighted by Gasteiger charge is -2.38. The molecule has 1 aliphatic carbocycles. The van der Waals surface area contributed by atoms with Crippen LogP contribution in [0.1, 0.15) is 35.2 Å². The number of amides is 1. The number of hydrogen-bond donors (Lipinski definition) is 2. The molecule has 1 amide bonds. The number of carbonyl (C=O) groups excluding carboxylic acids is 1. The van der Waals surface area contributed by atoms with Gasteiger partial charge in [0.15, 0.2) is 11.5 Å². The normalized spacial score (nSPS) is 15.2. The van der Waals surface area contributed by atoms with Crippen molar-refractivity contribution in [2.45, 2.75) is 31.2 Å². The molecule has 0 spiro atoms. The minimum atomic E-state index is -1.15. The van der Waals surface area contributed by atoms with E-state index in [9.17, 15) is 14.7 Å². The molecule has 1 saturated carbocycles. The highest BCUT2D eigenvalue weighted by atomic mass is 16.5. The molecular weight excluding hydrogens is 298 g/mol. The van der Waals surface area contributed by atoms with E-state index in [4.69, 9.17) is 9.47 Å². The van der Waals surface area contributed by atoms with Gasteiger partial charge in [-0.1, -0.05) is 6.08 Å². The first-order chi connectivity index (χ1) is 11.0. The first-order valence-corrected chi connectivity index (χ1v) is 7.39. The fourth-order valence-corrected chi connectivity index (χ4v) is 2.69. The number of carboxylic acid groups (broad SMARTS) is 1. The molecule has 1 fully saturated rings. The van der Waals surface area contributed by atoms with Crippen molar-refractivity contribution in [3.8, 4) is 11.5 Å². The lowest BCUT2D eigenvalue weighted by molar-refractivity contribution is -0.148. The molecule has 6 nitrogen and oxygen atoms in total. The van der Waals surface area contributed by atoms with Crippen LogP contribution in [0.3, 0.4) is 0 Å². The maximum Gasteiger partial charge on any atom is 0.329 e. The summed E-state index contributed by atoms with van der Waals surface area (Å²) in [7, 11) is 3.01. The Morgan fingerprint density at radius 1 is 1.35 bits per heavy atom. The van der Waals surface area contributed by atoms with Crippen molar-refractivity contribution >= 4 is 11.9 Å². The zero-order valence-electron chi connectivity index (χ0n) is 13.3. The zero-order valence-corrected chi connectivity index (χ0v) is 13.3. The average Bonchev–Trinajstić information content (AvgIpc) is 2.49. The summed E-state index contributed by atoms with van der Waals surface area (Å²) >= 11 is 0. The van der Waals surface area contributed by atoms with Crippen LogP contribution in [-0.4, -0.2) is 36.7 Å². The fourth-order valence-electron chi connectivity index (χ4n) is 2.69. The van der Waals surface area contributed by atoms with Gasteiger partial charge in [-0.15, -0.1) is 6.58 Å². The van der Waals surface area contributed by atoms with E-state index in [2.05, 4.69) is 11.9 Å². The first kappa shape index (κ1) is 16.9. The van der Waals surface area contributed by atoms with Gasteiger partial charge >= 0.3 is 5.97 Å². The largest absolute Gasteiger partial charge is 0.493 e. The lowest BCUT2D eigenvalue weighted by Crippen LogP contribution is -2.59. The minimum absolute atomic E-state index is 0.340. The van der Waals surface area contributed by atoms with Crippen LogP contribution >= 0.6 is 0 Å². The average molecular weight is 319 g/mol. The Kier molecular flexibility index (Phi) is 4.93. The summed E-state index contributed by atoms with van der Waals surface area (Å²) in [5, 5.41) is 12.0.